The van der Waals surface area contributed by atoms with Gasteiger partial charge in [0.15, 0.2) is 11.5 Å². The summed E-state index contributed by atoms with van der Waals surface area (Å²) < 4.78 is 10.3. The van der Waals surface area contributed by atoms with Crippen LogP contribution in [0, 0.1) is 0 Å². The summed E-state index contributed by atoms with van der Waals surface area (Å²) in [5.74, 6) is 0.144. The molecule has 0 fully saturated rings. The van der Waals surface area contributed by atoms with Crippen LogP contribution in [-0.4, -0.2) is 42.9 Å². The molecule has 0 spiro atoms. The van der Waals surface area contributed by atoms with Crippen LogP contribution in [-0.2, 0) is 4.79 Å². The number of methoxy groups -OCH3 is 1. The fourth-order valence-electron chi connectivity index (χ4n) is 2.24. The summed E-state index contributed by atoms with van der Waals surface area (Å²) in [7, 11) is 1.54. The minimum absolute atomic E-state index is 0.0258. The SMILES string of the molecule is CCOc1cc(C=NNC(=O)C(C)NC(=O)c2ccc(OC)cc2)ccc1O. The van der Waals surface area contributed by atoms with Gasteiger partial charge in [0.2, 0.25) is 0 Å². The van der Waals surface area contributed by atoms with E-state index in [0.717, 1.165) is 0 Å². The van der Waals surface area contributed by atoms with Gasteiger partial charge in [0.1, 0.15) is 11.8 Å². The molecule has 8 nitrogen and oxygen atoms in total. The first-order chi connectivity index (χ1) is 13.4. The Morgan fingerprint density at radius 3 is 2.57 bits per heavy atom. The number of ether oxygens (including phenoxy) is 2. The molecule has 1 atom stereocenters. The minimum atomic E-state index is -0.787. The quantitative estimate of drug-likeness (QED) is 0.476. The lowest BCUT2D eigenvalue weighted by Gasteiger charge is -2.12. The molecule has 2 amide bonds. The van der Waals surface area contributed by atoms with E-state index in [9.17, 15) is 14.7 Å². The molecule has 1 unspecified atom stereocenters. The van der Waals surface area contributed by atoms with Crippen molar-refractivity contribution >= 4 is 18.0 Å². The number of hydrogen-bond donors (Lipinski definition) is 3. The topological polar surface area (TPSA) is 109 Å². The summed E-state index contributed by atoms with van der Waals surface area (Å²) in [5.41, 5.74) is 3.41. The number of rotatable bonds is 8. The maximum atomic E-state index is 12.2. The minimum Gasteiger partial charge on any atom is -0.504 e. The van der Waals surface area contributed by atoms with Crippen LogP contribution in [0.1, 0.15) is 29.8 Å². The molecular formula is C20H23N3O5. The second kappa shape index (κ2) is 9.96. The molecule has 3 N–H and O–H groups in total. The number of phenols is 1. The van der Waals surface area contributed by atoms with E-state index in [1.54, 1.807) is 43.3 Å². The van der Waals surface area contributed by atoms with Crippen LogP contribution in [0.4, 0.5) is 0 Å². The highest BCUT2D eigenvalue weighted by molar-refractivity contribution is 5.97. The maximum absolute atomic E-state index is 12.2. The predicted molar refractivity (Wildman–Crippen MR) is 105 cm³/mol. The molecular weight excluding hydrogens is 362 g/mol. The van der Waals surface area contributed by atoms with Crippen molar-refractivity contribution in [1.29, 1.82) is 0 Å². The molecule has 0 heterocycles. The van der Waals surface area contributed by atoms with E-state index in [2.05, 4.69) is 15.8 Å². The van der Waals surface area contributed by atoms with Gasteiger partial charge < -0.3 is 19.9 Å². The Kier molecular flexibility index (Phi) is 7.38. The lowest BCUT2D eigenvalue weighted by Crippen LogP contribution is -2.43. The molecule has 28 heavy (non-hydrogen) atoms. The van der Waals surface area contributed by atoms with Crippen molar-refractivity contribution in [2.45, 2.75) is 19.9 Å². The molecule has 0 aliphatic heterocycles. The van der Waals surface area contributed by atoms with Crippen LogP contribution < -0.4 is 20.2 Å². The zero-order valence-electron chi connectivity index (χ0n) is 15.9. The van der Waals surface area contributed by atoms with Crippen LogP contribution in [0.15, 0.2) is 47.6 Å². The maximum Gasteiger partial charge on any atom is 0.262 e. The van der Waals surface area contributed by atoms with E-state index in [1.807, 2.05) is 6.92 Å². The highest BCUT2D eigenvalue weighted by atomic mass is 16.5. The van der Waals surface area contributed by atoms with E-state index < -0.39 is 11.9 Å². The largest absolute Gasteiger partial charge is 0.504 e. The van der Waals surface area contributed by atoms with E-state index >= 15 is 0 Å². The average molecular weight is 385 g/mol. The average Bonchev–Trinajstić information content (AvgIpc) is 2.70. The molecule has 0 bridgehead atoms. The summed E-state index contributed by atoms with van der Waals surface area (Å²) in [6, 6.07) is 10.5. The Morgan fingerprint density at radius 1 is 1.21 bits per heavy atom. The monoisotopic (exact) mass is 385 g/mol. The van der Waals surface area contributed by atoms with E-state index in [1.165, 1.54) is 19.4 Å². The second-order valence-corrected chi connectivity index (χ2v) is 5.82. The zero-order valence-corrected chi connectivity index (χ0v) is 15.9. The summed E-state index contributed by atoms with van der Waals surface area (Å²) >= 11 is 0. The highest BCUT2D eigenvalue weighted by Gasteiger charge is 2.16. The number of benzene rings is 2. The van der Waals surface area contributed by atoms with Crippen molar-refractivity contribution < 1.29 is 24.2 Å². The van der Waals surface area contributed by atoms with Gasteiger partial charge in [-0.15, -0.1) is 0 Å². The molecule has 0 aromatic heterocycles. The number of hydrogen-bond acceptors (Lipinski definition) is 6. The van der Waals surface area contributed by atoms with Gasteiger partial charge in [-0.05, 0) is 61.9 Å². The van der Waals surface area contributed by atoms with Crippen molar-refractivity contribution in [3.05, 3.63) is 53.6 Å². The van der Waals surface area contributed by atoms with Crippen LogP contribution >= 0.6 is 0 Å². The molecule has 0 saturated carbocycles. The first-order valence-corrected chi connectivity index (χ1v) is 8.68. The summed E-state index contributed by atoms with van der Waals surface area (Å²) in [6.45, 7) is 3.78. The number of amides is 2. The standard InChI is InChI=1S/C20H23N3O5/c1-4-28-18-11-14(5-10-17(18)24)12-21-23-19(25)13(2)22-20(26)15-6-8-16(27-3)9-7-15/h5-13,24H,4H2,1-3H3,(H,22,26)(H,23,25). The fraction of sp³-hybridized carbons (Fsp3) is 0.250. The van der Waals surface area contributed by atoms with E-state index in [0.29, 0.717) is 29.2 Å². The highest BCUT2D eigenvalue weighted by Crippen LogP contribution is 2.26. The molecule has 2 aromatic rings. The molecule has 148 valence electrons. The van der Waals surface area contributed by atoms with Gasteiger partial charge in [0.05, 0.1) is 19.9 Å². The number of aromatic hydroxyl groups is 1. The van der Waals surface area contributed by atoms with Crippen molar-refractivity contribution in [2.24, 2.45) is 5.10 Å². The lowest BCUT2D eigenvalue weighted by atomic mass is 10.2. The number of hydrazone groups is 1. The number of phenolic OH excluding ortho intramolecular Hbond substituents is 1. The van der Waals surface area contributed by atoms with Crippen LogP contribution in [0.5, 0.6) is 17.2 Å². The predicted octanol–water partition coefficient (Wildman–Crippen LogP) is 2.07. The Hall–Kier alpha value is -3.55. The fourth-order valence-corrected chi connectivity index (χ4v) is 2.24. The zero-order chi connectivity index (χ0) is 20.5. The van der Waals surface area contributed by atoms with E-state index in [4.69, 9.17) is 9.47 Å². The third-order valence-corrected chi connectivity index (χ3v) is 3.77. The van der Waals surface area contributed by atoms with Gasteiger partial charge in [0.25, 0.3) is 11.8 Å². The first kappa shape index (κ1) is 20.8. The Bertz CT molecular complexity index is 849. The molecule has 0 saturated heterocycles. The van der Waals surface area contributed by atoms with Crippen LogP contribution in [0.2, 0.25) is 0 Å². The van der Waals surface area contributed by atoms with Gasteiger partial charge in [-0.25, -0.2) is 5.43 Å². The molecule has 8 heteroatoms. The Morgan fingerprint density at radius 2 is 1.93 bits per heavy atom. The summed E-state index contributed by atoms with van der Waals surface area (Å²) in [6.07, 6.45) is 1.41. The first-order valence-electron chi connectivity index (χ1n) is 8.68. The number of carbonyl (C=O) groups excluding carboxylic acids is 2. The van der Waals surface area contributed by atoms with E-state index in [-0.39, 0.29) is 11.7 Å². The third kappa shape index (κ3) is 5.73. The molecule has 0 aliphatic rings. The lowest BCUT2D eigenvalue weighted by molar-refractivity contribution is -0.122. The second-order valence-electron chi connectivity index (χ2n) is 5.82. The van der Waals surface area contributed by atoms with Gasteiger partial charge in [-0.2, -0.15) is 5.10 Å². The van der Waals surface area contributed by atoms with Crippen LogP contribution in [0.25, 0.3) is 0 Å². The molecule has 0 radical (unpaired) electrons. The molecule has 2 rings (SSSR count). The summed E-state index contributed by atoms with van der Waals surface area (Å²) in [4.78, 5) is 24.3. The number of nitrogens with one attached hydrogen (secondary N) is 2. The van der Waals surface area contributed by atoms with Crippen molar-refractivity contribution in [3.8, 4) is 17.2 Å². The van der Waals surface area contributed by atoms with Gasteiger partial charge in [-0.1, -0.05) is 0 Å². The Labute approximate surface area is 163 Å². The molecule has 0 aliphatic carbocycles. The smallest absolute Gasteiger partial charge is 0.262 e. The number of nitrogens with zero attached hydrogens (tertiary/aromatic N) is 1. The normalized spacial score (nSPS) is 11.7. The van der Waals surface area contributed by atoms with Crippen molar-refractivity contribution in [1.82, 2.24) is 10.7 Å². The van der Waals surface area contributed by atoms with Crippen molar-refractivity contribution in [2.75, 3.05) is 13.7 Å². The molecule has 2 aromatic carbocycles. The number of carbonyl (C=O) groups is 2. The van der Waals surface area contributed by atoms with Gasteiger partial charge in [-0.3, -0.25) is 9.59 Å². The third-order valence-electron chi connectivity index (χ3n) is 3.77. The van der Waals surface area contributed by atoms with Crippen LogP contribution in [0.3, 0.4) is 0 Å². The van der Waals surface area contributed by atoms with Crippen molar-refractivity contribution in [3.63, 3.8) is 0 Å². The Balaban J connectivity index is 1.90. The van der Waals surface area contributed by atoms with Gasteiger partial charge in [0, 0.05) is 5.56 Å². The van der Waals surface area contributed by atoms with Gasteiger partial charge >= 0.3 is 0 Å². The summed E-state index contributed by atoms with van der Waals surface area (Å²) in [5, 5.41) is 16.1.